The van der Waals surface area contributed by atoms with Crippen LogP contribution >= 0.6 is 0 Å². The average molecular weight is 953 g/mol. The number of hydrogen-bond acceptors (Lipinski definition) is 23. The van der Waals surface area contributed by atoms with E-state index < -0.39 is 143 Å². The molecule has 0 radical (unpaired) electrons. The monoisotopic (exact) mass is 952 g/mol. The van der Waals surface area contributed by atoms with Gasteiger partial charge in [0, 0.05) is 24.3 Å². The van der Waals surface area contributed by atoms with Gasteiger partial charge < -0.3 is 104 Å². The summed E-state index contributed by atoms with van der Waals surface area (Å²) in [5, 5.41) is 114. The molecule has 0 aromatic heterocycles. The van der Waals surface area contributed by atoms with Crippen molar-refractivity contribution < 1.29 is 113 Å². The molecule has 8 rings (SSSR count). The lowest BCUT2D eigenvalue weighted by atomic mass is 9.86. The Morgan fingerprint density at radius 3 is 1.85 bits per heavy atom. The van der Waals surface area contributed by atoms with Crippen LogP contribution in [0.25, 0.3) is 0 Å². The number of allylic oxidation sites excluding steroid dienone is 1. The minimum Gasteiger partial charge on any atom is -0.468 e. The van der Waals surface area contributed by atoms with Crippen molar-refractivity contribution in [1.82, 2.24) is 0 Å². The number of esters is 2. The smallest absolute Gasteiger partial charge is 0.337 e. The summed E-state index contributed by atoms with van der Waals surface area (Å²) in [6.07, 6.45) is -24.1. The molecule has 6 aliphatic heterocycles. The van der Waals surface area contributed by atoms with E-state index in [2.05, 4.69) is 0 Å². The number of carbonyl (C=O) groups is 2. The largest absolute Gasteiger partial charge is 0.468 e. The predicted octanol–water partition coefficient (Wildman–Crippen LogP) is -3.32. The maximum atomic E-state index is 13.7. The summed E-state index contributed by atoms with van der Waals surface area (Å²) in [6, 6.07) is 11.5. The average Bonchev–Trinajstić information content (AvgIpc) is 3.32. The maximum absolute atomic E-state index is 13.7. The summed E-state index contributed by atoms with van der Waals surface area (Å²) in [5.41, 5.74) is 1.44. The normalized spacial score (nSPS) is 38.2. The second kappa shape index (κ2) is 22.4. The molecule has 67 heavy (non-hydrogen) atoms. The Kier molecular flexibility index (Phi) is 16.9. The van der Waals surface area contributed by atoms with Gasteiger partial charge in [0.15, 0.2) is 24.1 Å². The molecule has 2 aromatic carbocycles. The van der Waals surface area contributed by atoms with Crippen LogP contribution in [-0.2, 0) is 60.3 Å². The van der Waals surface area contributed by atoms with Gasteiger partial charge in [-0.05, 0) is 42.3 Å². The Morgan fingerprint density at radius 1 is 0.642 bits per heavy atom. The molecule has 370 valence electrons. The number of benzene rings is 2. The molecule has 0 saturated carbocycles. The van der Waals surface area contributed by atoms with Gasteiger partial charge >= 0.3 is 11.9 Å². The Hall–Kier alpha value is -4.38. The number of aliphatic hydroxyl groups excluding tert-OH is 11. The molecular weight excluding hydrogens is 896 g/mol. The van der Waals surface area contributed by atoms with Gasteiger partial charge in [0.05, 0.1) is 51.3 Å². The summed E-state index contributed by atoms with van der Waals surface area (Å²) in [7, 11) is 0. The van der Waals surface area contributed by atoms with E-state index in [1.165, 1.54) is 12.1 Å². The summed E-state index contributed by atoms with van der Waals surface area (Å²) in [4.78, 5) is 27.3. The summed E-state index contributed by atoms with van der Waals surface area (Å²) in [6.45, 7) is -0.985. The first kappa shape index (κ1) is 50.5. The third-order valence-electron chi connectivity index (χ3n) is 12.1. The van der Waals surface area contributed by atoms with Gasteiger partial charge in [-0.2, -0.15) is 0 Å². The zero-order chi connectivity index (χ0) is 48.1. The van der Waals surface area contributed by atoms with Crippen molar-refractivity contribution in [3.63, 3.8) is 0 Å². The standard InChI is InChI=1S/C44H56O23/c1-2-22-23-14-30(48)58-11-10-20-5-8-25(62-42-36(54)34(52)31(49)27(15-45)63-42)26(13-20)61-21-6-3-19(4-7-21)9-12-59-40(57)24(23)18-60-41(22)67-44-38(56)39(33(51)29(17-47)65-44)66-43-37(55)35(53)32(50)28(16-46)64-43/h2-8,13,18,23,27-29,31-39,41-47,49-56H,9-12,14-17H2,1H3/b22-2+/t23-,27+,28+,29+,31+,32+,33+,34-,35-,36+,37+,38+,39-,41-,42+,43-,44-/m0/s1. The predicted molar refractivity (Wildman–Crippen MR) is 219 cm³/mol. The number of carbonyl (C=O) groups excluding carboxylic acids is 2. The highest BCUT2D eigenvalue weighted by Crippen LogP contribution is 2.39. The molecular formula is C44H56O23. The van der Waals surface area contributed by atoms with Gasteiger partial charge in [-0.3, -0.25) is 4.79 Å². The molecule has 23 heteroatoms. The lowest BCUT2D eigenvalue weighted by Crippen LogP contribution is -2.65. The summed E-state index contributed by atoms with van der Waals surface area (Å²) >= 11 is 0. The lowest BCUT2D eigenvalue weighted by molar-refractivity contribution is -0.369. The van der Waals surface area contributed by atoms with Crippen LogP contribution in [0.5, 0.6) is 17.2 Å². The second-order valence-corrected chi connectivity index (χ2v) is 16.4. The minimum atomic E-state index is -1.92. The fourth-order valence-corrected chi connectivity index (χ4v) is 8.17. The Morgan fingerprint density at radius 2 is 1.21 bits per heavy atom. The Balaban J connectivity index is 1.09. The fourth-order valence-electron chi connectivity index (χ4n) is 8.17. The van der Waals surface area contributed by atoms with E-state index in [9.17, 15) is 65.8 Å². The summed E-state index contributed by atoms with van der Waals surface area (Å²) in [5.74, 6) is -2.13. The molecule has 6 aliphatic rings. The number of ether oxygens (including phenoxy) is 10. The van der Waals surface area contributed by atoms with Gasteiger partial charge in [-0.1, -0.05) is 24.3 Å². The van der Waals surface area contributed by atoms with Crippen LogP contribution in [0.4, 0.5) is 0 Å². The van der Waals surface area contributed by atoms with Crippen LogP contribution in [0, 0.1) is 5.92 Å². The second-order valence-electron chi connectivity index (χ2n) is 16.4. The van der Waals surface area contributed by atoms with Crippen LogP contribution in [-0.4, -0.2) is 200 Å². The molecule has 2 aromatic rings. The molecule has 0 spiro atoms. The first-order valence-corrected chi connectivity index (χ1v) is 21.6. The molecule has 17 atom stereocenters. The molecule has 3 saturated heterocycles. The quantitative estimate of drug-likeness (QED) is 0.0865. The third-order valence-corrected chi connectivity index (χ3v) is 12.1. The SMILES string of the molecule is C/C=C1/[C@H](O[C@@H]2O[C@H](CO)[C@@H](O)[C@H](O[C@@H]3O[C@H](CO)[C@@H](O)[C@H](O)[C@H]3O)[C@H]2O)OC=C2C(=O)OCCc3ccc(cc3)Oc3cc(ccc3O[C@@H]3O[C@H](CO)[C@@H](O)[C@H](O)[C@H]3O)CCOC(=O)C[C@H]21. The molecule has 23 nitrogen and oxygen atoms in total. The number of aliphatic hydroxyl groups is 11. The fraction of sp³-hybridized carbons (Fsp3) is 0.591. The van der Waals surface area contributed by atoms with Crippen molar-refractivity contribution in [1.29, 1.82) is 0 Å². The highest BCUT2D eigenvalue weighted by molar-refractivity contribution is 5.91. The van der Waals surface area contributed by atoms with Crippen LogP contribution in [0.3, 0.4) is 0 Å². The van der Waals surface area contributed by atoms with Crippen molar-refractivity contribution >= 4 is 11.9 Å². The number of hydrogen-bond donors (Lipinski definition) is 11. The Bertz CT molecular complexity index is 2040. The molecule has 0 unspecified atom stereocenters. The van der Waals surface area contributed by atoms with Crippen LogP contribution in [0.15, 0.2) is 65.9 Å². The van der Waals surface area contributed by atoms with Crippen LogP contribution < -0.4 is 9.47 Å². The van der Waals surface area contributed by atoms with E-state index in [4.69, 9.17) is 47.4 Å². The van der Waals surface area contributed by atoms with Gasteiger partial charge in [0.2, 0.25) is 12.6 Å². The van der Waals surface area contributed by atoms with E-state index >= 15 is 0 Å². The highest BCUT2D eigenvalue weighted by Gasteiger charge is 2.52. The van der Waals surface area contributed by atoms with E-state index in [1.54, 1.807) is 43.3 Å². The molecule has 11 N–H and O–H groups in total. The van der Waals surface area contributed by atoms with E-state index in [0.717, 1.165) is 11.8 Å². The Labute approximate surface area is 382 Å². The molecule has 0 amide bonds. The minimum absolute atomic E-state index is 0.0625. The lowest BCUT2D eigenvalue weighted by Gasteiger charge is -2.46. The van der Waals surface area contributed by atoms with E-state index in [-0.39, 0.29) is 48.7 Å². The molecule has 3 fully saturated rings. The zero-order valence-corrected chi connectivity index (χ0v) is 36.0. The van der Waals surface area contributed by atoms with Gasteiger partial charge in [-0.25, -0.2) is 4.79 Å². The topological polar surface area (TPSA) is 349 Å². The maximum Gasteiger partial charge on any atom is 0.337 e. The van der Waals surface area contributed by atoms with Crippen molar-refractivity contribution in [3.8, 4) is 17.2 Å². The van der Waals surface area contributed by atoms with Crippen LogP contribution in [0.2, 0.25) is 0 Å². The molecule has 6 heterocycles. The number of fused-ring (bicyclic) bond motifs is 9. The van der Waals surface area contributed by atoms with E-state index in [1.807, 2.05) is 0 Å². The third kappa shape index (κ3) is 11.2. The zero-order valence-electron chi connectivity index (χ0n) is 36.0. The van der Waals surface area contributed by atoms with Crippen LogP contribution in [0.1, 0.15) is 24.5 Å². The molecule has 4 bridgehead atoms. The first-order valence-electron chi connectivity index (χ1n) is 21.6. The first-order chi connectivity index (χ1) is 32.1. The number of rotatable bonds is 9. The van der Waals surface area contributed by atoms with Crippen molar-refractivity contribution in [2.24, 2.45) is 5.92 Å². The van der Waals surface area contributed by atoms with Crippen molar-refractivity contribution in [2.45, 2.75) is 125 Å². The van der Waals surface area contributed by atoms with Crippen molar-refractivity contribution in [3.05, 3.63) is 77.1 Å². The van der Waals surface area contributed by atoms with E-state index in [0.29, 0.717) is 11.3 Å². The molecule has 0 aliphatic carbocycles. The van der Waals surface area contributed by atoms with Gasteiger partial charge in [0.25, 0.3) is 0 Å². The summed E-state index contributed by atoms with van der Waals surface area (Å²) < 4.78 is 57.5. The van der Waals surface area contributed by atoms with Crippen molar-refractivity contribution in [2.75, 3.05) is 33.0 Å². The van der Waals surface area contributed by atoms with Gasteiger partial charge in [0.1, 0.15) is 79.0 Å². The van der Waals surface area contributed by atoms with Gasteiger partial charge in [-0.15, -0.1) is 0 Å². The highest BCUT2D eigenvalue weighted by atomic mass is 16.8.